The van der Waals surface area contributed by atoms with Gasteiger partial charge in [-0.25, -0.2) is 0 Å². The van der Waals surface area contributed by atoms with Gasteiger partial charge in [-0.1, -0.05) is 18.2 Å². The standard InChI is InChI=1S/C16H22N2O2/c1-16(2,15(20)18-11-7-8-12-18)14(19)17(3)13-9-5-4-6-10-13/h4-6,9-10H,7-8,11-12H2,1-3H3. The fourth-order valence-corrected chi connectivity index (χ4v) is 2.60. The van der Waals surface area contributed by atoms with Crippen molar-refractivity contribution in [2.24, 2.45) is 5.41 Å². The summed E-state index contributed by atoms with van der Waals surface area (Å²) in [5.74, 6) is -0.233. The monoisotopic (exact) mass is 274 g/mol. The number of hydrogen-bond acceptors (Lipinski definition) is 2. The lowest BCUT2D eigenvalue weighted by molar-refractivity contribution is -0.146. The Bertz CT molecular complexity index is 490. The molecule has 20 heavy (non-hydrogen) atoms. The first-order chi connectivity index (χ1) is 9.44. The van der Waals surface area contributed by atoms with E-state index < -0.39 is 5.41 Å². The number of rotatable bonds is 3. The highest BCUT2D eigenvalue weighted by molar-refractivity contribution is 6.10. The molecule has 0 saturated carbocycles. The Balaban J connectivity index is 2.16. The predicted molar refractivity (Wildman–Crippen MR) is 79.4 cm³/mol. The Hall–Kier alpha value is -1.84. The zero-order valence-corrected chi connectivity index (χ0v) is 12.4. The molecule has 1 heterocycles. The number of nitrogens with zero attached hydrogens (tertiary/aromatic N) is 2. The summed E-state index contributed by atoms with van der Waals surface area (Å²) in [4.78, 5) is 28.5. The molecule has 0 aromatic heterocycles. The summed E-state index contributed by atoms with van der Waals surface area (Å²) in [6.07, 6.45) is 2.06. The molecule has 1 aromatic rings. The summed E-state index contributed by atoms with van der Waals surface area (Å²) >= 11 is 0. The van der Waals surface area contributed by atoms with Crippen LogP contribution in [0.4, 0.5) is 5.69 Å². The maximum atomic E-state index is 12.6. The van der Waals surface area contributed by atoms with Crippen molar-refractivity contribution in [1.82, 2.24) is 4.90 Å². The second-order valence-corrected chi connectivity index (χ2v) is 5.82. The van der Waals surface area contributed by atoms with Gasteiger partial charge in [0.2, 0.25) is 11.8 Å². The van der Waals surface area contributed by atoms with Crippen LogP contribution in [0.5, 0.6) is 0 Å². The van der Waals surface area contributed by atoms with Crippen molar-refractivity contribution >= 4 is 17.5 Å². The number of carbonyl (C=O) groups is 2. The third kappa shape index (κ3) is 2.69. The summed E-state index contributed by atoms with van der Waals surface area (Å²) in [5, 5.41) is 0. The molecule has 108 valence electrons. The number of para-hydroxylation sites is 1. The van der Waals surface area contributed by atoms with Gasteiger partial charge in [-0.15, -0.1) is 0 Å². The van der Waals surface area contributed by atoms with Crippen LogP contribution in [-0.2, 0) is 9.59 Å². The Labute approximate surface area is 120 Å². The van der Waals surface area contributed by atoms with Crippen molar-refractivity contribution in [2.45, 2.75) is 26.7 Å². The molecule has 1 aliphatic heterocycles. The average Bonchev–Trinajstić information content (AvgIpc) is 2.99. The van der Waals surface area contributed by atoms with E-state index in [1.807, 2.05) is 30.3 Å². The molecule has 1 saturated heterocycles. The Morgan fingerprint density at radius 2 is 1.65 bits per heavy atom. The Morgan fingerprint density at radius 3 is 2.20 bits per heavy atom. The van der Waals surface area contributed by atoms with Gasteiger partial charge in [0.05, 0.1) is 0 Å². The minimum Gasteiger partial charge on any atom is -0.342 e. The summed E-state index contributed by atoms with van der Waals surface area (Å²) in [6, 6.07) is 9.41. The van der Waals surface area contributed by atoms with Crippen molar-refractivity contribution in [3.63, 3.8) is 0 Å². The molecule has 0 aliphatic carbocycles. The average molecular weight is 274 g/mol. The minimum atomic E-state index is -1.02. The SMILES string of the molecule is CN(C(=O)C(C)(C)C(=O)N1CCCC1)c1ccccc1. The Kier molecular flexibility index (Phi) is 4.12. The van der Waals surface area contributed by atoms with Crippen LogP contribution in [0, 0.1) is 5.41 Å². The number of hydrogen-bond donors (Lipinski definition) is 0. The lowest BCUT2D eigenvalue weighted by Gasteiger charge is -2.31. The fraction of sp³-hybridized carbons (Fsp3) is 0.500. The highest BCUT2D eigenvalue weighted by Gasteiger charge is 2.41. The summed E-state index contributed by atoms with van der Waals surface area (Å²) in [7, 11) is 1.72. The van der Waals surface area contributed by atoms with Crippen LogP contribution >= 0.6 is 0 Å². The number of amides is 2. The minimum absolute atomic E-state index is 0.0669. The van der Waals surface area contributed by atoms with Gasteiger partial charge in [0.15, 0.2) is 0 Å². The fourth-order valence-electron chi connectivity index (χ4n) is 2.60. The first kappa shape index (κ1) is 14.6. The van der Waals surface area contributed by atoms with Crippen LogP contribution in [0.2, 0.25) is 0 Å². The van der Waals surface area contributed by atoms with E-state index in [-0.39, 0.29) is 11.8 Å². The van der Waals surface area contributed by atoms with Crippen LogP contribution in [0.3, 0.4) is 0 Å². The van der Waals surface area contributed by atoms with Gasteiger partial charge < -0.3 is 9.80 Å². The second kappa shape index (κ2) is 5.65. The van der Waals surface area contributed by atoms with Crippen molar-refractivity contribution in [3.05, 3.63) is 30.3 Å². The van der Waals surface area contributed by atoms with Gasteiger partial charge in [-0.2, -0.15) is 0 Å². The van der Waals surface area contributed by atoms with Crippen LogP contribution in [-0.4, -0.2) is 36.9 Å². The first-order valence-corrected chi connectivity index (χ1v) is 7.07. The van der Waals surface area contributed by atoms with E-state index in [9.17, 15) is 9.59 Å². The third-order valence-electron chi connectivity index (χ3n) is 3.91. The maximum Gasteiger partial charge on any atom is 0.241 e. The molecule has 0 unspecified atom stereocenters. The third-order valence-corrected chi connectivity index (χ3v) is 3.91. The van der Waals surface area contributed by atoms with Gasteiger partial charge in [0, 0.05) is 25.8 Å². The van der Waals surface area contributed by atoms with E-state index in [0.29, 0.717) is 0 Å². The molecule has 4 heteroatoms. The molecule has 0 atom stereocenters. The molecule has 0 spiro atoms. The predicted octanol–water partition coefficient (Wildman–Crippen LogP) is 2.30. The highest BCUT2D eigenvalue weighted by Crippen LogP contribution is 2.26. The lowest BCUT2D eigenvalue weighted by Crippen LogP contribution is -2.49. The smallest absolute Gasteiger partial charge is 0.241 e. The largest absolute Gasteiger partial charge is 0.342 e. The van der Waals surface area contributed by atoms with E-state index in [0.717, 1.165) is 31.6 Å². The maximum absolute atomic E-state index is 12.6. The quantitative estimate of drug-likeness (QED) is 0.794. The van der Waals surface area contributed by atoms with Gasteiger partial charge in [0.25, 0.3) is 0 Å². The number of likely N-dealkylation sites (tertiary alicyclic amines) is 1. The molecule has 4 nitrogen and oxygen atoms in total. The van der Waals surface area contributed by atoms with Crippen LogP contribution in [0.25, 0.3) is 0 Å². The van der Waals surface area contributed by atoms with E-state index in [2.05, 4.69) is 0 Å². The van der Waals surface area contributed by atoms with Crippen molar-refractivity contribution < 1.29 is 9.59 Å². The van der Waals surface area contributed by atoms with Crippen molar-refractivity contribution in [3.8, 4) is 0 Å². The topological polar surface area (TPSA) is 40.6 Å². The molecular weight excluding hydrogens is 252 g/mol. The summed E-state index contributed by atoms with van der Waals surface area (Å²) in [5.41, 5.74) is -0.214. The van der Waals surface area contributed by atoms with Gasteiger partial charge in [-0.3, -0.25) is 9.59 Å². The molecule has 0 radical (unpaired) electrons. The zero-order chi connectivity index (χ0) is 14.8. The van der Waals surface area contributed by atoms with Crippen LogP contribution in [0.1, 0.15) is 26.7 Å². The summed E-state index contributed by atoms with van der Waals surface area (Å²) in [6.45, 7) is 4.97. The van der Waals surface area contributed by atoms with Crippen LogP contribution < -0.4 is 4.90 Å². The number of benzene rings is 1. The van der Waals surface area contributed by atoms with E-state index in [4.69, 9.17) is 0 Å². The van der Waals surface area contributed by atoms with Gasteiger partial charge >= 0.3 is 0 Å². The second-order valence-electron chi connectivity index (χ2n) is 5.82. The van der Waals surface area contributed by atoms with E-state index in [1.165, 1.54) is 0 Å². The first-order valence-electron chi connectivity index (χ1n) is 7.07. The van der Waals surface area contributed by atoms with E-state index in [1.54, 1.807) is 30.7 Å². The van der Waals surface area contributed by atoms with Gasteiger partial charge in [0.1, 0.15) is 5.41 Å². The zero-order valence-electron chi connectivity index (χ0n) is 12.4. The van der Waals surface area contributed by atoms with E-state index >= 15 is 0 Å². The summed E-state index contributed by atoms with van der Waals surface area (Å²) < 4.78 is 0. The lowest BCUT2D eigenvalue weighted by atomic mass is 9.89. The molecule has 0 bridgehead atoms. The number of carbonyl (C=O) groups excluding carboxylic acids is 2. The van der Waals surface area contributed by atoms with Crippen molar-refractivity contribution in [2.75, 3.05) is 25.0 Å². The molecule has 1 aliphatic rings. The number of anilines is 1. The normalized spacial score (nSPS) is 15.2. The molecule has 1 fully saturated rings. The van der Waals surface area contributed by atoms with Crippen LogP contribution in [0.15, 0.2) is 30.3 Å². The molecule has 2 rings (SSSR count). The highest BCUT2D eigenvalue weighted by atomic mass is 16.2. The molecule has 1 aromatic carbocycles. The van der Waals surface area contributed by atoms with Crippen molar-refractivity contribution in [1.29, 1.82) is 0 Å². The van der Waals surface area contributed by atoms with Gasteiger partial charge in [-0.05, 0) is 38.8 Å². The molecule has 0 N–H and O–H groups in total. The molecule has 2 amide bonds. The molecular formula is C16H22N2O2. The Morgan fingerprint density at radius 1 is 1.10 bits per heavy atom.